The maximum atomic E-state index is 2.33. The average Bonchev–Trinajstić information content (AvgIpc) is 2.20. The third-order valence-electron chi connectivity index (χ3n) is 2.94. The van der Waals surface area contributed by atoms with Gasteiger partial charge in [0.1, 0.15) is 0 Å². The highest BCUT2D eigenvalue weighted by Gasteiger charge is 2.08. The molecule has 0 fully saturated rings. The van der Waals surface area contributed by atoms with Gasteiger partial charge in [0.2, 0.25) is 0 Å². The predicted molar refractivity (Wildman–Crippen MR) is 79.4 cm³/mol. The standard InChI is InChI=1S/C13H20.C4H10/c1-10(2)12(4)9-13-8-6-5-7-11(13)3;1-4(2)3/h5-8,10,12H,9H2,1-4H3;4H,1-3H3/t12-;/m0./s1. The largest absolute Gasteiger partial charge is 0.0630 e. The van der Waals surface area contributed by atoms with E-state index in [0.29, 0.717) is 0 Å². The van der Waals surface area contributed by atoms with Crippen LogP contribution in [0.5, 0.6) is 0 Å². The summed E-state index contributed by atoms with van der Waals surface area (Å²) in [4.78, 5) is 0. The van der Waals surface area contributed by atoms with Crippen LogP contribution in [0.2, 0.25) is 0 Å². The van der Waals surface area contributed by atoms with Gasteiger partial charge in [0.05, 0.1) is 0 Å². The fraction of sp³-hybridized carbons (Fsp3) is 0.647. The highest BCUT2D eigenvalue weighted by atomic mass is 14.1. The van der Waals surface area contributed by atoms with Gasteiger partial charge in [0.15, 0.2) is 0 Å². The van der Waals surface area contributed by atoms with Crippen molar-refractivity contribution in [1.82, 2.24) is 0 Å². The minimum atomic E-state index is 0.777. The van der Waals surface area contributed by atoms with Crippen LogP contribution in [0.4, 0.5) is 0 Å². The summed E-state index contributed by atoms with van der Waals surface area (Å²) < 4.78 is 0. The van der Waals surface area contributed by atoms with Gasteiger partial charge in [-0.3, -0.25) is 0 Å². The highest BCUT2D eigenvalue weighted by Crippen LogP contribution is 2.18. The molecule has 0 aliphatic rings. The first-order valence-corrected chi connectivity index (χ1v) is 6.89. The zero-order valence-corrected chi connectivity index (χ0v) is 12.7. The third kappa shape index (κ3) is 8.01. The molecule has 17 heavy (non-hydrogen) atoms. The van der Waals surface area contributed by atoms with Crippen molar-refractivity contribution in [1.29, 1.82) is 0 Å². The van der Waals surface area contributed by atoms with Crippen LogP contribution in [0.1, 0.15) is 52.7 Å². The molecule has 0 aliphatic heterocycles. The second kappa shape index (κ2) is 8.33. The van der Waals surface area contributed by atoms with E-state index in [0.717, 1.165) is 17.8 Å². The monoisotopic (exact) mass is 234 g/mol. The lowest BCUT2D eigenvalue weighted by Gasteiger charge is -2.16. The third-order valence-corrected chi connectivity index (χ3v) is 2.94. The molecule has 0 spiro atoms. The Morgan fingerprint density at radius 1 is 0.882 bits per heavy atom. The number of hydrogen-bond acceptors (Lipinski definition) is 0. The van der Waals surface area contributed by atoms with Gasteiger partial charge < -0.3 is 0 Å². The molecule has 0 heterocycles. The molecule has 1 aromatic carbocycles. The van der Waals surface area contributed by atoms with Crippen LogP contribution in [0, 0.1) is 24.7 Å². The second-order valence-corrected chi connectivity index (χ2v) is 6.08. The highest BCUT2D eigenvalue weighted by molar-refractivity contribution is 5.25. The molecule has 1 atom stereocenters. The summed E-state index contributed by atoms with van der Waals surface area (Å²) in [5, 5.41) is 0. The van der Waals surface area contributed by atoms with Crippen molar-refractivity contribution in [2.24, 2.45) is 17.8 Å². The van der Waals surface area contributed by atoms with Gasteiger partial charge in [-0.1, -0.05) is 65.8 Å². The molecule has 0 unspecified atom stereocenters. The Morgan fingerprint density at radius 3 is 1.76 bits per heavy atom. The quantitative estimate of drug-likeness (QED) is 0.648. The SMILES string of the molecule is CC(C)C.Cc1ccccc1C[C@H](C)C(C)C. The summed E-state index contributed by atoms with van der Waals surface area (Å²) in [6, 6.07) is 8.69. The van der Waals surface area contributed by atoms with Crippen LogP contribution in [0.3, 0.4) is 0 Å². The number of aryl methyl sites for hydroxylation is 1. The number of benzene rings is 1. The normalized spacial score (nSPS) is 12.3. The first kappa shape index (κ1) is 16.2. The molecule has 0 N–H and O–H groups in total. The lowest BCUT2D eigenvalue weighted by atomic mass is 9.89. The van der Waals surface area contributed by atoms with Crippen molar-refractivity contribution in [2.45, 2.75) is 54.9 Å². The van der Waals surface area contributed by atoms with Crippen molar-refractivity contribution in [3.63, 3.8) is 0 Å². The lowest BCUT2D eigenvalue weighted by molar-refractivity contribution is 0.417. The smallest absolute Gasteiger partial charge is 0.0248 e. The number of hydrogen-bond donors (Lipinski definition) is 0. The molecule has 0 aromatic heterocycles. The van der Waals surface area contributed by atoms with Gasteiger partial charge in [0.25, 0.3) is 0 Å². The fourth-order valence-electron chi connectivity index (χ4n) is 1.42. The second-order valence-electron chi connectivity index (χ2n) is 6.08. The van der Waals surface area contributed by atoms with Gasteiger partial charge in [-0.05, 0) is 42.2 Å². The van der Waals surface area contributed by atoms with Gasteiger partial charge >= 0.3 is 0 Å². The Morgan fingerprint density at radius 2 is 1.35 bits per heavy atom. The summed E-state index contributed by atoms with van der Waals surface area (Å²) >= 11 is 0. The zero-order chi connectivity index (χ0) is 13.4. The van der Waals surface area contributed by atoms with Gasteiger partial charge in [-0.25, -0.2) is 0 Å². The summed E-state index contributed by atoms with van der Waals surface area (Å²) in [7, 11) is 0. The molecule has 0 aliphatic carbocycles. The molecule has 0 amide bonds. The summed E-state index contributed by atoms with van der Waals surface area (Å²) in [6.45, 7) is 15.6. The van der Waals surface area contributed by atoms with Gasteiger partial charge in [-0.15, -0.1) is 0 Å². The van der Waals surface area contributed by atoms with Crippen LogP contribution in [-0.2, 0) is 6.42 Å². The predicted octanol–water partition coefficient (Wildman–Crippen LogP) is 5.49. The van der Waals surface area contributed by atoms with E-state index in [4.69, 9.17) is 0 Å². The minimum Gasteiger partial charge on any atom is -0.0630 e. The fourth-order valence-corrected chi connectivity index (χ4v) is 1.42. The van der Waals surface area contributed by atoms with Crippen molar-refractivity contribution in [2.75, 3.05) is 0 Å². The van der Waals surface area contributed by atoms with E-state index in [1.165, 1.54) is 17.5 Å². The van der Waals surface area contributed by atoms with Crippen LogP contribution in [0.25, 0.3) is 0 Å². The summed E-state index contributed by atoms with van der Waals surface area (Å²) in [5.41, 5.74) is 2.93. The molecule has 0 bridgehead atoms. The Kier molecular flexibility index (Phi) is 7.95. The first-order valence-electron chi connectivity index (χ1n) is 6.89. The molecule has 0 radical (unpaired) electrons. The van der Waals surface area contributed by atoms with E-state index in [2.05, 4.69) is 72.7 Å². The van der Waals surface area contributed by atoms with Crippen LogP contribution in [0.15, 0.2) is 24.3 Å². The molecule has 1 aromatic rings. The van der Waals surface area contributed by atoms with Gasteiger partial charge in [0, 0.05) is 0 Å². The average molecular weight is 234 g/mol. The maximum Gasteiger partial charge on any atom is -0.0248 e. The Hall–Kier alpha value is -0.780. The molecular formula is C17H30. The summed E-state index contributed by atoms with van der Waals surface area (Å²) in [5.74, 6) is 2.39. The van der Waals surface area contributed by atoms with Crippen LogP contribution >= 0.6 is 0 Å². The molecule has 0 nitrogen and oxygen atoms in total. The van der Waals surface area contributed by atoms with Crippen molar-refractivity contribution < 1.29 is 0 Å². The van der Waals surface area contributed by atoms with E-state index in [1.807, 2.05) is 0 Å². The van der Waals surface area contributed by atoms with E-state index < -0.39 is 0 Å². The molecule has 0 heteroatoms. The van der Waals surface area contributed by atoms with Crippen LogP contribution in [-0.4, -0.2) is 0 Å². The Labute approximate surface area is 108 Å². The van der Waals surface area contributed by atoms with E-state index >= 15 is 0 Å². The van der Waals surface area contributed by atoms with Gasteiger partial charge in [-0.2, -0.15) is 0 Å². The molecule has 0 saturated heterocycles. The Bertz CT molecular complexity index is 294. The first-order chi connectivity index (χ1) is 7.84. The molecule has 1 rings (SSSR count). The van der Waals surface area contributed by atoms with E-state index in [1.54, 1.807) is 0 Å². The Balaban J connectivity index is 0.000000557. The maximum absolute atomic E-state index is 2.33. The molecular weight excluding hydrogens is 204 g/mol. The lowest BCUT2D eigenvalue weighted by Crippen LogP contribution is -2.08. The molecule has 0 saturated carbocycles. The topological polar surface area (TPSA) is 0 Å². The van der Waals surface area contributed by atoms with E-state index in [-0.39, 0.29) is 0 Å². The van der Waals surface area contributed by atoms with Crippen molar-refractivity contribution in [3.8, 4) is 0 Å². The molecule has 98 valence electrons. The number of rotatable bonds is 3. The van der Waals surface area contributed by atoms with Crippen molar-refractivity contribution in [3.05, 3.63) is 35.4 Å². The van der Waals surface area contributed by atoms with Crippen LogP contribution < -0.4 is 0 Å². The zero-order valence-electron chi connectivity index (χ0n) is 12.7. The minimum absolute atomic E-state index is 0.777. The van der Waals surface area contributed by atoms with Crippen molar-refractivity contribution >= 4 is 0 Å². The van der Waals surface area contributed by atoms with E-state index in [9.17, 15) is 0 Å². The summed E-state index contributed by atoms with van der Waals surface area (Å²) in [6.07, 6.45) is 1.21.